The number of carbonyl (C=O) groups is 1. The summed E-state index contributed by atoms with van der Waals surface area (Å²) in [6.07, 6.45) is 5.85. The molecule has 30 heavy (non-hydrogen) atoms. The van der Waals surface area contributed by atoms with Crippen molar-refractivity contribution in [3.8, 4) is 11.6 Å². The van der Waals surface area contributed by atoms with Crippen molar-refractivity contribution in [1.29, 1.82) is 0 Å². The number of carbonyl (C=O) groups excluding carboxylic acids is 1. The third-order valence-corrected chi connectivity index (χ3v) is 6.33. The van der Waals surface area contributed by atoms with Crippen molar-refractivity contribution in [3.63, 3.8) is 0 Å². The lowest BCUT2D eigenvalue weighted by Gasteiger charge is -2.47. The van der Waals surface area contributed by atoms with E-state index in [1.807, 2.05) is 41.4 Å². The van der Waals surface area contributed by atoms with Gasteiger partial charge in [0.05, 0.1) is 18.5 Å². The van der Waals surface area contributed by atoms with Gasteiger partial charge in [-0.3, -0.25) is 4.79 Å². The number of hydrogen-bond acceptors (Lipinski definition) is 4. The zero-order valence-corrected chi connectivity index (χ0v) is 17.4. The minimum Gasteiger partial charge on any atom is -0.497 e. The summed E-state index contributed by atoms with van der Waals surface area (Å²) in [7, 11) is 1.62. The Hall–Kier alpha value is -3.28. The number of aromatic nitrogens is 2. The SMILES string of the molecule is CCCN1c2cccnc2-n2cccc2[C@]12CCN(C(=O)c1cccc(OC)c1)C2. The summed E-state index contributed by atoms with van der Waals surface area (Å²) in [5.41, 5.74) is 2.77. The normalized spacial score (nSPS) is 19.7. The van der Waals surface area contributed by atoms with Gasteiger partial charge in [0.1, 0.15) is 11.3 Å². The van der Waals surface area contributed by atoms with Gasteiger partial charge in [-0.15, -0.1) is 0 Å². The summed E-state index contributed by atoms with van der Waals surface area (Å²) in [5, 5.41) is 0. The smallest absolute Gasteiger partial charge is 0.254 e. The number of amides is 1. The van der Waals surface area contributed by atoms with Gasteiger partial charge in [0.25, 0.3) is 5.91 Å². The Morgan fingerprint density at radius 3 is 2.93 bits per heavy atom. The maximum Gasteiger partial charge on any atom is 0.254 e. The zero-order chi connectivity index (χ0) is 20.7. The molecule has 6 heteroatoms. The van der Waals surface area contributed by atoms with Gasteiger partial charge in [0, 0.05) is 37.6 Å². The number of rotatable bonds is 4. The molecule has 4 heterocycles. The van der Waals surface area contributed by atoms with E-state index in [1.165, 1.54) is 5.69 Å². The molecule has 3 aromatic rings. The average molecular weight is 402 g/mol. The Kier molecular flexibility index (Phi) is 4.50. The zero-order valence-electron chi connectivity index (χ0n) is 17.4. The van der Waals surface area contributed by atoms with E-state index >= 15 is 0 Å². The second-order valence-corrected chi connectivity index (χ2v) is 8.00. The van der Waals surface area contributed by atoms with Crippen LogP contribution < -0.4 is 9.64 Å². The van der Waals surface area contributed by atoms with Crippen LogP contribution in [0.15, 0.2) is 60.9 Å². The summed E-state index contributed by atoms with van der Waals surface area (Å²) >= 11 is 0. The number of nitrogens with zero attached hydrogens (tertiary/aromatic N) is 4. The summed E-state index contributed by atoms with van der Waals surface area (Å²) < 4.78 is 7.51. The first-order valence-electron chi connectivity index (χ1n) is 10.5. The van der Waals surface area contributed by atoms with Crippen LogP contribution in [-0.4, -0.2) is 47.1 Å². The minimum atomic E-state index is -0.246. The molecule has 0 saturated carbocycles. The number of benzene rings is 1. The highest BCUT2D eigenvalue weighted by atomic mass is 16.5. The first kappa shape index (κ1) is 18.7. The Morgan fingerprint density at radius 1 is 1.20 bits per heavy atom. The van der Waals surface area contributed by atoms with Crippen molar-refractivity contribution >= 4 is 11.6 Å². The molecular weight excluding hydrogens is 376 g/mol. The third-order valence-electron chi connectivity index (χ3n) is 6.33. The topological polar surface area (TPSA) is 50.6 Å². The minimum absolute atomic E-state index is 0.0531. The number of methoxy groups -OCH3 is 1. The van der Waals surface area contributed by atoms with E-state index in [9.17, 15) is 4.79 Å². The van der Waals surface area contributed by atoms with Gasteiger partial charge in [-0.05, 0) is 55.3 Å². The number of ether oxygens (including phenoxy) is 1. The molecule has 2 aromatic heterocycles. The molecule has 1 fully saturated rings. The molecule has 154 valence electrons. The molecule has 0 bridgehead atoms. The molecule has 0 N–H and O–H groups in total. The van der Waals surface area contributed by atoms with Crippen molar-refractivity contribution in [2.45, 2.75) is 25.3 Å². The Bertz CT molecular complexity index is 1090. The third kappa shape index (κ3) is 2.70. The first-order valence-corrected chi connectivity index (χ1v) is 10.5. The maximum atomic E-state index is 13.3. The van der Waals surface area contributed by atoms with E-state index < -0.39 is 0 Å². The van der Waals surface area contributed by atoms with Crippen LogP contribution in [0.1, 0.15) is 35.8 Å². The largest absolute Gasteiger partial charge is 0.497 e. The molecule has 1 atom stereocenters. The van der Waals surface area contributed by atoms with Crippen LogP contribution in [0, 0.1) is 0 Å². The number of hydrogen-bond donors (Lipinski definition) is 0. The number of fused-ring (bicyclic) bond motifs is 4. The monoisotopic (exact) mass is 402 g/mol. The summed E-state index contributed by atoms with van der Waals surface area (Å²) in [6, 6.07) is 15.8. The predicted octanol–water partition coefficient (Wildman–Crippen LogP) is 3.85. The first-order chi connectivity index (χ1) is 14.7. The summed E-state index contributed by atoms with van der Waals surface area (Å²) in [6.45, 7) is 4.50. The van der Waals surface area contributed by atoms with Crippen molar-refractivity contribution in [2.75, 3.05) is 31.6 Å². The van der Waals surface area contributed by atoms with Crippen LogP contribution in [0.25, 0.3) is 5.82 Å². The number of likely N-dealkylation sites (tertiary alicyclic amines) is 1. The van der Waals surface area contributed by atoms with Crippen molar-refractivity contribution in [3.05, 3.63) is 72.2 Å². The molecule has 1 amide bonds. The fourth-order valence-electron chi connectivity index (χ4n) is 4.99. The number of anilines is 1. The number of pyridine rings is 1. The van der Waals surface area contributed by atoms with Gasteiger partial charge < -0.3 is 19.1 Å². The fourth-order valence-corrected chi connectivity index (χ4v) is 4.99. The van der Waals surface area contributed by atoms with Gasteiger partial charge in [0.15, 0.2) is 5.82 Å². The predicted molar refractivity (Wildman–Crippen MR) is 116 cm³/mol. The summed E-state index contributed by atoms with van der Waals surface area (Å²) in [5.74, 6) is 1.72. The fraction of sp³-hybridized carbons (Fsp3) is 0.333. The average Bonchev–Trinajstić information content (AvgIpc) is 3.45. The Balaban J connectivity index is 1.54. The van der Waals surface area contributed by atoms with Crippen LogP contribution in [0.2, 0.25) is 0 Å². The molecular formula is C24H26N4O2. The van der Waals surface area contributed by atoms with Gasteiger partial charge >= 0.3 is 0 Å². The molecule has 1 aromatic carbocycles. The standard InChI is InChI=1S/C24H26N4O2/c1-3-13-28-20-9-5-12-25-22(20)27-14-6-10-21(27)24(28)11-15-26(17-24)23(29)18-7-4-8-19(16-18)30-2/h4-10,12,14,16H,3,11,13,15,17H2,1-2H3/t24-/m1/s1. The van der Waals surface area contributed by atoms with Crippen LogP contribution in [0.3, 0.4) is 0 Å². The highest BCUT2D eigenvalue weighted by Gasteiger charge is 2.50. The van der Waals surface area contributed by atoms with Crippen molar-refractivity contribution in [2.24, 2.45) is 0 Å². The van der Waals surface area contributed by atoms with E-state index in [0.29, 0.717) is 17.9 Å². The second kappa shape index (κ2) is 7.20. The highest BCUT2D eigenvalue weighted by Crippen LogP contribution is 2.47. The quantitative estimate of drug-likeness (QED) is 0.665. The lowest BCUT2D eigenvalue weighted by Crippen LogP contribution is -2.53. The van der Waals surface area contributed by atoms with E-state index in [1.54, 1.807) is 7.11 Å². The summed E-state index contributed by atoms with van der Waals surface area (Å²) in [4.78, 5) is 22.5. The highest BCUT2D eigenvalue weighted by molar-refractivity contribution is 5.95. The van der Waals surface area contributed by atoms with Crippen LogP contribution in [0.5, 0.6) is 5.75 Å². The maximum absolute atomic E-state index is 13.3. The molecule has 0 aliphatic carbocycles. The van der Waals surface area contributed by atoms with Gasteiger partial charge in [-0.2, -0.15) is 0 Å². The molecule has 2 aliphatic rings. The molecule has 1 saturated heterocycles. The molecule has 0 unspecified atom stereocenters. The van der Waals surface area contributed by atoms with Crippen LogP contribution in [0.4, 0.5) is 5.69 Å². The van der Waals surface area contributed by atoms with Crippen molar-refractivity contribution < 1.29 is 9.53 Å². The molecule has 0 radical (unpaired) electrons. The lowest BCUT2D eigenvalue weighted by atomic mass is 9.88. The van der Waals surface area contributed by atoms with E-state index in [0.717, 1.165) is 37.4 Å². The Labute approximate surface area is 176 Å². The van der Waals surface area contributed by atoms with Crippen LogP contribution in [-0.2, 0) is 5.54 Å². The van der Waals surface area contributed by atoms with Crippen molar-refractivity contribution in [1.82, 2.24) is 14.5 Å². The molecule has 5 rings (SSSR count). The van der Waals surface area contributed by atoms with Gasteiger partial charge in [0.2, 0.25) is 0 Å². The van der Waals surface area contributed by atoms with E-state index in [4.69, 9.17) is 4.74 Å². The Morgan fingerprint density at radius 2 is 2.10 bits per heavy atom. The molecule has 2 aliphatic heterocycles. The second-order valence-electron chi connectivity index (χ2n) is 8.00. The van der Waals surface area contributed by atoms with Gasteiger partial charge in [-0.1, -0.05) is 13.0 Å². The molecule has 1 spiro atoms. The van der Waals surface area contributed by atoms with E-state index in [2.05, 4.69) is 45.8 Å². The van der Waals surface area contributed by atoms with Crippen LogP contribution >= 0.6 is 0 Å². The van der Waals surface area contributed by atoms with Gasteiger partial charge in [-0.25, -0.2) is 4.98 Å². The lowest BCUT2D eigenvalue weighted by molar-refractivity contribution is 0.0781. The van der Waals surface area contributed by atoms with E-state index in [-0.39, 0.29) is 11.4 Å². The molecule has 6 nitrogen and oxygen atoms in total.